The van der Waals surface area contributed by atoms with Crippen LogP contribution in [-0.4, -0.2) is 44.1 Å². The number of hydrogen-bond donors (Lipinski definition) is 2. The van der Waals surface area contributed by atoms with E-state index in [4.69, 9.17) is 0 Å². The van der Waals surface area contributed by atoms with Crippen molar-refractivity contribution in [2.45, 2.75) is 32.1 Å². The predicted octanol–water partition coefficient (Wildman–Crippen LogP) is 1.40. The molecule has 1 aromatic rings. The average molecular weight is 296 g/mol. The lowest BCUT2D eigenvalue weighted by molar-refractivity contribution is -0.121. The molecule has 0 atom stereocenters. The summed E-state index contributed by atoms with van der Waals surface area (Å²) in [4.78, 5) is 18.6. The molecular formula is C14H24N4OS. The van der Waals surface area contributed by atoms with Gasteiger partial charge in [0.15, 0.2) is 5.13 Å². The van der Waals surface area contributed by atoms with Gasteiger partial charge in [-0.3, -0.25) is 4.79 Å². The minimum absolute atomic E-state index is 0.134. The highest BCUT2D eigenvalue weighted by Crippen LogP contribution is 2.24. The normalized spacial score (nSPS) is 14.8. The van der Waals surface area contributed by atoms with Crippen molar-refractivity contribution in [3.63, 3.8) is 0 Å². The van der Waals surface area contributed by atoms with Crippen LogP contribution < -0.4 is 15.5 Å². The topological polar surface area (TPSA) is 57.3 Å². The number of anilines is 1. The van der Waals surface area contributed by atoms with Crippen LogP contribution in [0.2, 0.25) is 0 Å². The smallest absolute Gasteiger partial charge is 0.220 e. The third-order valence-corrected chi connectivity index (χ3v) is 4.40. The van der Waals surface area contributed by atoms with E-state index >= 15 is 0 Å². The molecule has 0 aliphatic carbocycles. The second-order valence-electron chi connectivity index (χ2n) is 5.12. The van der Waals surface area contributed by atoms with Gasteiger partial charge in [-0.15, -0.1) is 11.3 Å². The Morgan fingerprint density at radius 3 is 2.95 bits per heavy atom. The molecule has 0 unspecified atom stereocenters. The zero-order valence-electron chi connectivity index (χ0n) is 12.2. The molecule has 112 valence electrons. The van der Waals surface area contributed by atoms with Crippen LogP contribution in [0.3, 0.4) is 0 Å². The van der Waals surface area contributed by atoms with E-state index in [-0.39, 0.29) is 5.91 Å². The van der Waals surface area contributed by atoms with Crippen molar-refractivity contribution in [3.8, 4) is 0 Å². The Balaban J connectivity index is 1.65. The molecule has 1 amide bonds. The lowest BCUT2D eigenvalue weighted by Gasteiger charge is -2.12. The van der Waals surface area contributed by atoms with Gasteiger partial charge in [-0.1, -0.05) is 0 Å². The highest BCUT2D eigenvalue weighted by molar-refractivity contribution is 7.13. The van der Waals surface area contributed by atoms with Crippen molar-refractivity contribution < 1.29 is 4.79 Å². The van der Waals surface area contributed by atoms with Crippen molar-refractivity contribution >= 4 is 22.4 Å². The van der Waals surface area contributed by atoms with Gasteiger partial charge in [0.2, 0.25) is 5.91 Å². The fourth-order valence-electron chi connectivity index (χ4n) is 2.31. The van der Waals surface area contributed by atoms with Crippen molar-refractivity contribution in [2.24, 2.45) is 0 Å². The molecule has 2 heterocycles. The number of thiazole rings is 1. The van der Waals surface area contributed by atoms with Crippen molar-refractivity contribution in [1.82, 2.24) is 15.6 Å². The third-order valence-electron chi connectivity index (χ3n) is 3.45. The molecule has 1 aliphatic rings. The molecule has 1 aliphatic heterocycles. The molecule has 1 saturated heterocycles. The summed E-state index contributed by atoms with van der Waals surface area (Å²) in [5.74, 6) is 0.134. The lowest BCUT2D eigenvalue weighted by Crippen LogP contribution is -2.26. The van der Waals surface area contributed by atoms with Crippen LogP contribution >= 0.6 is 11.3 Å². The second-order valence-corrected chi connectivity index (χ2v) is 5.96. The van der Waals surface area contributed by atoms with Crippen LogP contribution in [0.1, 0.15) is 31.4 Å². The Morgan fingerprint density at radius 1 is 1.40 bits per heavy atom. The second kappa shape index (κ2) is 8.21. The van der Waals surface area contributed by atoms with Gasteiger partial charge in [-0.2, -0.15) is 0 Å². The van der Waals surface area contributed by atoms with Gasteiger partial charge in [0.25, 0.3) is 0 Å². The molecule has 2 rings (SSSR count). The quantitative estimate of drug-likeness (QED) is 0.712. The molecule has 0 radical (unpaired) electrons. The number of nitrogens with zero attached hydrogens (tertiary/aromatic N) is 2. The minimum Gasteiger partial charge on any atom is -0.356 e. The Kier molecular flexibility index (Phi) is 6.26. The monoisotopic (exact) mass is 296 g/mol. The van der Waals surface area contributed by atoms with Gasteiger partial charge >= 0.3 is 0 Å². The van der Waals surface area contributed by atoms with Crippen molar-refractivity contribution in [2.75, 3.05) is 38.1 Å². The van der Waals surface area contributed by atoms with E-state index in [2.05, 4.69) is 25.9 Å². The van der Waals surface area contributed by atoms with E-state index in [1.165, 1.54) is 12.8 Å². The molecule has 5 nitrogen and oxygen atoms in total. The third kappa shape index (κ3) is 4.76. The van der Waals surface area contributed by atoms with Crippen LogP contribution in [0.4, 0.5) is 5.13 Å². The number of amides is 1. The molecule has 0 aromatic carbocycles. The van der Waals surface area contributed by atoms with Gasteiger partial charge in [-0.25, -0.2) is 4.98 Å². The minimum atomic E-state index is 0.134. The van der Waals surface area contributed by atoms with Crippen LogP contribution in [0, 0.1) is 0 Å². The summed E-state index contributed by atoms with van der Waals surface area (Å²) < 4.78 is 0. The Labute approximate surface area is 124 Å². The summed E-state index contributed by atoms with van der Waals surface area (Å²) in [5, 5.41) is 9.24. The first-order valence-electron chi connectivity index (χ1n) is 7.40. The van der Waals surface area contributed by atoms with E-state index in [0.717, 1.165) is 43.3 Å². The Hall–Kier alpha value is -1.14. The van der Waals surface area contributed by atoms with Gasteiger partial charge in [0.1, 0.15) is 0 Å². The SMILES string of the molecule is CNCCCC(=O)NCCc1csc(N2CCCC2)n1. The summed E-state index contributed by atoms with van der Waals surface area (Å²) in [5.41, 5.74) is 1.09. The molecule has 6 heteroatoms. The van der Waals surface area contributed by atoms with Crippen LogP contribution in [-0.2, 0) is 11.2 Å². The Bertz CT molecular complexity index is 415. The summed E-state index contributed by atoms with van der Waals surface area (Å²) in [7, 11) is 1.90. The average Bonchev–Trinajstić information content (AvgIpc) is 3.09. The van der Waals surface area contributed by atoms with Gasteiger partial charge in [0, 0.05) is 37.9 Å². The fraction of sp³-hybridized carbons (Fsp3) is 0.714. The largest absolute Gasteiger partial charge is 0.356 e. The first kappa shape index (κ1) is 15.3. The molecule has 0 spiro atoms. The zero-order chi connectivity index (χ0) is 14.2. The molecule has 0 bridgehead atoms. The molecule has 1 aromatic heterocycles. The first-order valence-corrected chi connectivity index (χ1v) is 8.28. The summed E-state index contributed by atoms with van der Waals surface area (Å²) in [6.07, 6.45) is 4.85. The van der Waals surface area contributed by atoms with E-state index < -0.39 is 0 Å². The lowest BCUT2D eigenvalue weighted by atomic mass is 10.3. The molecular weight excluding hydrogens is 272 g/mol. The van der Waals surface area contributed by atoms with Crippen LogP contribution in [0.5, 0.6) is 0 Å². The van der Waals surface area contributed by atoms with E-state index in [1.54, 1.807) is 11.3 Å². The number of carbonyl (C=O) groups is 1. The highest BCUT2D eigenvalue weighted by atomic mass is 32.1. The summed E-state index contributed by atoms with van der Waals surface area (Å²) in [6.45, 7) is 3.84. The van der Waals surface area contributed by atoms with Gasteiger partial charge in [0.05, 0.1) is 5.69 Å². The van der Waals surface area contributed by atoms with Crippen molar-refractivity contribution in [1.29, 1.82) is 0 Å². The summed E-state index contributed by atoms with van der Waals surface area (Å²) >= 11 is 1.72. The van der Waals surface area contributed by atoms with Gasteiger partial charge in [-0.05, 0) is 32.9 Å². The number of nitrogens with one attached hydrogen (secondary N) is 2. The predicted molar refractivity (Wildman–Crippen MR) is 83.4 cm³/mol. The number of rotatable bonds is 8. The zero-order valence-corrected chi connectivity index (χ0v) is 13.0. The van der Waals surface area contributed by atoms with Gasteiger partial charge < -0.3 is 15.5 Å². The molecule has 2 N–H and O–H groups in total. The van der Waals surface area contributed by atoms with Crippen molar-refractivity contribution in [3.05, 3.63) is 11.1 Å². The van der Waals surface area contributed by atoms with E-state index in [0.29, 0.717) is 13.0 Å². The number of hydrogen-bond acceptors (Lipinski definition) is 5. The van der Waals surface area contributed by atoms with Crippen LogP contribution in [0.25, 0.3) is 0 Å². The maximum absolute atomic E-state index is 11.6. The van der Waals surface area contributed by atoms with E-state index in [1.807, 2.05) is 7.05 Å². The molecule has 1 fully saturated rings. The fourth-order valence-corrected chi connectivity index (χ4v) is 3.22. The number of aromatic nitrogens is 1. The van der Waals surface area contributed by atoms with E-state index in [9.17, 15) is 4.79 Å². The standard InChI is InChI=1S/C14H24N4OS/c1-15-7-4-5-13(19)16-8-6-12-11-20-14(17-12)18-9-2-3-10-18/h11,15H,2-10H2,1H3,(H,16,19). The maximum atomic E-state index is 11.6. The van der Waals surface area contributed by atoms with Crippen LogP contribution in [0.15, 0.2) is 5.38 Å². The Morgan fingerprint density at radius 2 is 2.20 bits per heavy atom. The summed E-state index contributed by atoms with van der Waals surface area (Å²) in [6, 6.07) is 0. The first-order chi connectivity index (χ1) is 9.79. The maximum Gasteiger partial charge on any atom is 0.220 e. The molecule has 0 saturated carbocycles. The highest BCUT2D eigenvalue weighted by Gasteiger charge is 2.15. The molecule has 20 heavy (non-hydrogen) atoms. The number of carbonyl (C=O) groups excluding carboxylic acids is 1.